The molecular formula is C56H55Cl4F3N10O5. The molecule has 2 aromatic carbocycles. The van der Waals surface area contributed by atoms with Gasteiger partial charge < -0.3 is 34.3 Å². The molecule has 22 heteroatoms. The fourth-order valence-corrected chi connectivity index (χ4v) is 12.6. The Balaban J connectivity index is 0.000000171. The number of β-amino-alcohol motifs (C(OH)–C–C–N with tert-alkyl or cyclic N) is 1. The highest BCUT2D eigenvalue weighted by atomic mass is 35.5. The number of hydrogen-bond donors (Lipinski definition) is 2. The van der Waals surface area contributed by atoms with E-state index in [9.17, 15) is 13.9 Å². The number of nitrogens with zero attached hydrogens (tertiary/aromatic N) is 9. The van der Waals surface area contributed by atoms with Crippen molar-refractivity contribution in [2.24, 2.45) is 5.41 Å². The Labute approximate surface area is 467 Å². The molecule has 4 unspecified atom stereocenters. The number of benzene rings is 2. The van der Waals surface area contributed by atoms with Crippen LogP contribution in [0.2, 0.25) is 20.1 Å². The summed E-state index contributed by atoms with van der Waals surface area (Å²) >= 11 is 25.3. The van der Waals surface area contributed by atoms with Crippen LogP contribution in [0.1, 0.15) is 102 Å². The van der Waals surface area contributed by atoms with Gasteiger partial charge in [-0.05, 0) is 108 Å². The summed E-state index contributed by atoms with van der Waals surface area (Å²) in [5.41, 5.74) is 3.94. The zero-order chi connectivity index (χ0) is 54.6. The number of pyridine rings is 4. The van der Waals surface area contributed by atoms with E-state index in [1.807, 2.05) is 60.7 Å². The summed E-state index contributed by atoms with van der Waals surface area (Å²) in [6, 6.07) is 13.8. The monoisotopic (exact) mass is 1140 g/mol. The van der Waals surface area contributed by atoms with Crippen LogP contribution in [0.25, 0.3) is 44.3 Å². The van der Waals surface area contributed by atoms with Crippen LogP contribution in [0.4, 0.5) is 19.0 Å². The number of anilines is 1. The molecular weight excluding hydrogens is 1090 g/mol. The average molecular weight is 1150 g/mol. The lowest BCUT2D eigenvalue weighted by atomic mass is 9.65. The zero-order valence-corrected chi connectivity index (χ0v) is 46.0. The largest absolute Gasteiger partial charge is 0.486 e. The molecule has 4 saturated heterocycles. The Morgan fingerprint density at radius 1 is 0.654 bits per heavy atom. The topological polar surface area (TPSA) is 160 Å². The SMILES string of the molecule is C[C@@H](Oc1ccc2c(c1)c(-c1cnc(F)c(F)c1)nn2C1CCCCO1)c1c(Cl)cncc1Cl.C[C@@H](Oc1ccc2c(c1)c(-c1cnc(N3CC(C)(C4NCC4(C)O)C3)c(F)c1)nn2C1CCCCO1)c1c(Cl)cncc1Cl. The van der Waals surface area contributed by atoms with E-state index in [2.05, 4.69) is 32.2 Å². The van der Waals surface area contributed by atoms with Crippen molar-refractivity contribution < 1.29 is 37.2 Å². The molecule has 6 aromatic heterocycles. The van der Waals surface area contributed by atoms with Crippen LogP contribution in [0.3, 0.4) is 0 Å². The molecule has 0 bridgehead atoms. The van der Waals surface area contributed by atoms with Crippen LogP contribution in [-0.4, -0.2) is 89.1 Å². The number of rotatable bonds is 12. The molecule has 0 amide bonds. The van der Waals surface area contributed by atoms with Crippen LogP contribution in [-0.2, 0) is 9.47 Å². The molecule has 4 aliphatic rings. The van der Waals surface area contributed by atoms with E-state index < -0.39 is 35.4 Å². The van der Waals surface area contributed by atoms with Crippen molar-refractivity contribution in [3.8, 4) is 34.0 Å². The molecule has 78 heavy (non-hydrogen) atoms. The van der Waals surface area contributed by atoms with Crippen molar-refractivity contribution in [3.05, 3.63) is 135 Å². The van der Waals surface area contributed by atoms with Crippen LogP contribution in [0.5, 0.6) is 11.5 Å². The van der Waals surface area contributed by atoms with Crippen LogP contribution in [0.15, 0.2) is 85.7 Å². The van der Waals surface area contributed by atoms with Crippen LogP contribution in [0, 0.1) is 23.0 Å². The molecule has 6 atom stereocenters. The van der Waals surface area contributed by atoms with E-state index in [0.717, 1.165) is 61.0 Å². The minimum Gasteiger partial charge on any atom is -0.486 e. The summed E-state index contributed by atoms with van der Waals surface area (Å²) in [5, 5.41) is 26.7. The van der Waals surface area contributed by atoms with Crippen molar-refractivity contribution in [2.75, 3.05) is 37.7 Å². The summed E-state index contributed by atoms with van der Waals surface area (Å²) < 4.78 is 71.3. The Morgan fingerprint density at radius 2 is 1.13 bits per heavy atom. The highest BCUT2D eigenvalue weighted by Gasteiger charge is 2.57. The van der Waals surface area contributed by atoms with Gasteiger partial charge in [-0.25, -0.2) is 28.1 Å². The second-order valence-electron chi connectivity index (χ2n) is 20.8. The summed E-state index contributed by atoms with van der Waals surface area (Å²) in [7, 11) is 0. The Morgan fingerprint density at radius 3 is 1.54 bits per heavy atom. The predicted octanol–water partition coefficient (Wildman–Crippen LogP) is 13.2. The lowest BCUT2D eigenvalue weighted by Gasteiger charge is -2.60. The average Bonchev–Trinajstić information content (AvgIpc) is 4.03. The summed E-state index contributed by atoms with van der Waals surface area (Å²) in [5.74, 6) is -1.20. The maximum absolute atomic E-state index is 15.7. The van der Waals surface area contributed by atoms with E-state index in [1.54, 1.807) is 16.9 Å². The molecule has 10 heterocycles. The van der Waals surface area contributed by atoms with Crippen molar-refractivity contribution in [1.29, 1.82) is 0 Å². The van der Waals surface area contributed by atoms with Crippen molar-refractivity contribution in [3.63, 3.8) is 0 Å². The first kappa shape index (κ1) is 54.1. The lowest BCUT2D eigenvalue weighted by Crippen LogP contribution is -2.78. The van der Waals surface area contributed by atoms with Crippen LogP contribution >= 0.6 is 46.4 Å². The summed E-state index contributed by atoms with van der Waals surface area (Å²) in [6.07, 6.45) is 13.4. The summed E-state index contributed by atoms with van der Waals surface area (Å²) in [6.45, 7) is 10.7. The van der Waals surface area contributed by atoms with Crippen molar-refractivity contribution in [2.45, 2.75) is 103 Å². The number of fused-ring (bicyclic) bond motifs is 2. The number of nitrogens with one attached hydrogen (secondary N) is 1. The molecule has 0 spiro atoms. The van der Waals surface area contributed by atoms with Crippen molar-refractivity contribution in [1.82, 2.24) is 44.8 Å². The maximum Gasteiger partial charge on any atom is 0.248 e. The third kappa shape index (κ3) is 10.6. The van der Waals surface area contributed by atoms with E-state index in [-0.39, 0.29) is 23.9 Å². The van der Waals surface area contributed by atoms with Gasteiger partial charge in [0.05, 0.1) is 36.7 Å². The van der Waals surface area contributed by atoms with Gasteiger partial charge in [-0.15, -0.1) is 0 Å². The molecule has 2 N–H and O–H groups in total. The Kier molecular flexibility index (Phi) is 15.3. The van der Waals surface area contributed by atoms with Gasteiger partial charge in [0.25, 0.3) is 0 Å². The molecule has 4 aliphatic heterocycles. The minimum absolute atomic E-state index is 0.0318. The fraction of sp³-hybridized carbons (Fsp3) is 0.393. The Bertz CT molecular complexity index is 3490. The standard InChI is InChI=1S/C32H35Cl2FN6O3.C24H20Cl2F2N4O2/c1-18(27-22(33)13-36-14-23(27)34)44-20-7-8-25-21(11-20)28(39-41(25)26-6-4-5-9-43-26)19-10-24(35)29(37-12-19)40-16-31(2,17-40)30-32(3,42)15-38-30;1-13(22-17(25)11-29-12-18(22)26)34-15-5-6-20-16(9-15)23(14-8-19(27)24(28)30-10-14)31-32(20)21-4-2-3-7-33-21/h7-8,10-14,18,26,30,38,42H,4-6,9,15-17H2,1-3H3;5-6,8-13,21H,2-4,7H2,1H3/t18-,26?,30?,32?;13-,21?/m11/s1. The van der Waals surface area contributed by atoms with E-state index in [1.165, 1.54) is 37.1 Å². The zero-order valence-electron chi connectivity index (χ0n) is 43.0. The van der Waals surface area contributed by atoms with Gasteiger partial charge in [-0.2, -0.15) is 14.6 Å². The molecule has 4 fully saturated rings. The molecule has 0 aliphatic carbocycles. The second kappa shape index (κ2) is 22.0. The predicted molar refractivity (Wildman–Crippen MR) is 293 cm³/mol. The van der Waals surface area contributed by atoms with Gasteiger partial charge in [-0.1, -0.05) is 53.3 Å². The van der Waals surface area contributed by atoms with E-state index in [4.69, 9.17) is 75.5 Å². The molecule has 15 nitrogen and oxygen atoms in total. The molecule has 408 valence electrons. The van der Waals surface area contributed by atoms with Crippen molar-refractivity contribution >= 4 is 74.0 Å². The first-order valence-corrected chi connectivity index (χ1v) is 27.3. The number of hydrogen-bond acceptors (Lipinski definition) is 13. The van der Waals surface area contributed by atoms with E-state index in [0.29, 0.717) is 109 Å². The number of ether oxygens (including phenoxy) is 4. The highest BCUT2D eigenvalue weighted by Crippen LogP contribution is 2.45. The van der Waals surface area contributed by atoms with Gasteiger partial charge >= 0.3 is 0 Å². The minimum atomic E-state index is -1.16. The smallest absolute Gasteiger partial charge is 0.248 e. The van der Waals surface area contributed by atoms with Gasteiger partial charge in [0.2, 0.25) is 5.95 Å². The molecule has 0 radical (unpaired) electrons. The van der Waals surface area contributed by atoms with Gasteiger partial charge in [0, 0.05) is 115 Å². The summed E-state index contributed by atoms with van der Waals surface area (Å²) in [4.78, 5) is 18.0. The molecule has 8 aromatic rings. The number of aliphatic hydroxyl groups is 1. The molecule has 0 saturated carbocycles. The fourth-order valence-electron chi connectivity index (χ4n) is 11.2. The van der Waals surface area contributed by atoms with Gasteiger partial charge in [0.15, 0.2) is 29.9 Å². The maximum atomic E-state index is 15.7. The number of aromatic nitrogens is 8. The normalized spacial score (nSPS) is 21.8. The van der Waals surface area contributed by atoms with Gasteiger partial charge in [0.1, 0.15) is 35.1 Å². The first-order chi connectivity index (χ1) is 37.5. The lowest BCUT2D eigenvalue weighted by molar-refractivity contribution is -0.0981. The third-order valence-electron chi connectivity index (χ3n) is 15.0. The number of halogens is 7. The van der Waals surface area contributed by atoms with E-state index >= 15 is 4.39 Å². The second-order valence-corrected chi connectivity index (χ2v) is 22.5. The first-order valence-electron chi connectivity index (χ1n) is 25.8. The van der Waals surface area contributed by atoms with Gasteiger partial charge in [-0.3, -0.25) is 9.97 Å². The molecule has 12 rings (SSSR count). The third-order valence-corrected chi connectivity index (χ3v) is 16.2. The Hall–Kier alpha value is -5.83. The van der Waals surface area contributed by atoms with Crippen LogP contribution < -0.4 is 19.7 Å². The highest BCUT2D eigenvalue weighted by molar-refractivity contribution is 6.36. The quantitative estimate of drug-likeness (QED) is 0.111.